The number of aliphatic hydroxyl groups excluding tert-OH is 1. The number of carbonyl (C=O) groups is 1. The summed E-state index contributed by atoms with van der Waals surface area (Å²) in [6.45, 7) is 1.97. The van der Waals surface area contributed by atoms with Gasteiger partial charge in [-0.25, -0.2) is 4.79 Å². The van der Waals surface area contributed by atoms with Gasteiger partial charge in [0, 0.05) is 10.3 Å². The highest BCUT2D eigenvalue weighted by Gasteiger charge is 2.18. The van der Waals surface area contributed by atoms with Crippen LogP contribution in [0.1, 0.15) is 22.2 Å². The van der Waals surface area contributed by atoms with Crippen LogP contribution < -0.4 is 0 Å². The fourth-order valence-electron chi connectivity index (χ4n) is 1.62. The van der Waals surface area contributed by atoms with Crippen molar-refractivity contribution in [2.75, 3.05) is 6.61 Å². The van der Waals surface area contributed by atoms with Crippen LogP contribution in [0.5, 0.6) is 0 Å². The van der Waals surface area contributed by atoms with Crippen molar-refractivity contribution in [2.24, 2.45) is 0 Å². The molecule has 0 bridgehead atoms. The second-order valence-corrected chi connectivity index (χ2v) is 4.34. The molecule has 0 aliphatic rings. The van der Waals surface area contributed by atoms with Crippen LogP contribution in [0, 0.1) is 0 Å². The average Bonchev–Trinajstić information content (AvgIpc) is 2.67. The van der Waals surface area contributed by atoms with Crippen molar-refractivity contribution in [3.8, 4) is 0 Å². The van der Waals surface area contributed by atoms with E-state index in [0.717, 1.165) is 10.1 Å². The van der Waals surface area contributed by atoms with Crippen molar-refractivity contribution in [2.45, 2.75) is 13.5 Å². The molecule has 0 radical (unpaired) electrons. The number of benzene rings is 1. The molecule has 0 spiro atoms. The molecular weight excluding hydrogens is 224 g/mol. The van der Waals surface area contributed by atoms with Gasteiger partial charge in [0.15, 0.2) is 0 Å². The molecule has 4 heteroatoms. The monoisotopic (exact) mass is 236 g/mol. The van der Waals surface area contributed by atoms with E-state index >= 15 is 0 Å². The van der Waals surface area contributed by atoms with Gasteiger partial charge in [-0.3, -0.25) is 0 Å². The highest BCUT2D eigenvalue weighted by atomic mass is 32.1. The highest BCUT2D eigenvalue weighted by Crippen LogP contribution is 2.31. The van der Waals surface area contributed by atoms with Crippen LogP contribution >= 0.6 is 11.3 Å². The lowest BCUT2D eigenvalue weighted by Gasteiger charge is -2.00. The van der Waals surface area contributed by atoms with Crippen LogP contribution in [0.4, 0.5) is 0 Å². The fourth-order valence-corrected chi connectivity index (χ4v) is 2.72. The molecule has 1 heterocycles. The molecule has 0 fully saturated rings. The van der Waals surface area contributed by atoms with Gasteiger partial charge in [0.1, 0.15) is 4.88 Å². The van der Waals surface area contributed by atoms with Crippen molar-refractivity contribution in [3.63, 3.8) is 0 Å². The smallest absolute Gasteiger partial charge is 0.348 e. The van der Waals surface area contributed by atoms with Crippen LogP contribution in [-0.2, 0) is 11.3 Å². The summed E-state index contributed by atoms with van der Waals surface area (Å²) >= 11 is 1.36. The maximum Gasteiger partial charge on any atom is 0.348 e. The molecule has 0 saturated heterocycles. The van der Waals surface area contributed by atoms with Crippen molar-refractivity contribution >= 4 is 27.4 Å². The van der Waals surface area contributed by atoms with Crippen LogP contribution in [0.2, 0.25) is 0 Å². The van der Waals surface area contributed by atoms with Crippen molar-refractivity contribution in [3.05, 3.63) is 34.7 Å². The van der Waals surface area contributed by atoms with Gasteiger partial charge in [0.2, 0.25) is 0 Å². The van der Waals surface area contributed by atoms with E-state index < -0.39 is 0 Å². The Morgan fingerprint density at radius 2 is 2.19 bits per heavy atom. The number of fused-ring (bicyclic) bond motifs is 1. The summed E-state index contributed by atoms with van der Waals surface area (Å²) in [5, 5.41) is 10.3. The van der Waals surface area contributed by atoms with E-state index in [4.69, 9.17) is 4.74 Å². The van der Waals surface area contributed by atoms with Gasteiger partial charge in [0.05, 0.1) is 13.2 Å². The summed E-state index contributed by atoms with van der Waals surface area (Å²) in [6, 6.07) is 7.64. The maximum atomic E-state index is 11.7. The Morgan fingerprint density at radius 1 is 1.44 bits per heavy atom. The minimum atomic E-state index is -0.354. The van der Waals surface area contributed by atoms with Gasteiger partial charge in [-0.15, -0.1) is 11.3 Å². The molecule has 0 aliphatic carbocycles. The summed E-state index contributed by atoms with van der Waals surface area (Å²) in [7, 11) is 0. The number of ether oxygens (including phenoxy) is 1. The number of hydrogen-bond donors (Lipinski definition) is 1. The number of aliphatic hydroxyl groups is 1. The van der Waals surface area contributed by atoms with E-state index in [0.29, 0.717) is 17.0 Å². The first-order valence-electron chi connectivity index (χ1n) is 5.06. The number of thiophene rings is 1. The zero-order chi connectivity index (χ0) is 11.5. The molecule has 0 saturated carbocycles. The third kappa shape index (κ3) is 1.81. The fraction of sp³-hybridized carbons (Fsp3) is 0.250. The molecule has 0 unspecified atom stereocenters. The topological polar surface area (TPSA) is 46.5 Å². The zero-order valence-corrected chi connectivity index (χ0v) is 9.71. The lowest BCUT2D eigenvalue weighted by atomic mass is 10.1. The molecule has 0 aliphatic heterocycles. The zero-order valence-electron chi connectivity index (χ0n) is 8.90. The van der Waals surface area contributed by atoms with Gasteiger partial charge in [-0.2, -0.15) is 0 Å². The van der Waals surface area contributed by atoms with Gasteiger partial charge in [-0.1, -0.05) is 18.2 Å². The molecule has 84 valence electrons. The van der Waals surface area contributed by atoms with Gasteiger partial charge >= 0.3 is 5.97 Å². The molecular formula is C12H12O3S. The molecule has 2 rings (SSSR count). The summed E-state index contributed by atoms with van der Waals surface area (Å²) in [5.74, 6) is -0.354. The third-order valence-electron chi connectivity index (χ3n) is 2.32. The maximum absolute atomic E-state index is 11.7. The SMILES string of the molecule is CCOC(=O)c1sc2ccccc2c1CO. The predicted octanol–water partition coefficient (Wildman–Crippen LogP) is 2.57. The predicted molar refractivity (Wildman–Crippen MR) is 63.7 cm³/mol. The second-order valence-electron chi connectivity index (χ2n) is 3.28. The van der Waals surface area contributed by atoms with Gasteiger partial charge < -0.3 is 9.84 Å². The summed E-state index contributed by atoms with van der Waals surface area (Å²) in [4.78, 5) is 12.2. The first-order valence-corrected chi connectivity index (χ1v) is 5.88. The van der Waals surface area contributed by atoms with E-state index in [9.17, 15) is 9.90 Å². The molecule has 0 atom stereocenters. The van der Waals surface area contributed by atoms with E-state index in [-0.39, 0.29) is 12.6 Å². The van der Waals surface area contributed by atoms with Crippen molar-refractivity contribution in [1.82, 2.24) is 0 Å². The molecule has 3 nitrogen and oxygen atoms in total. The Labute approximate surface area is 97.3 Å². The summed E-state index contributed by atoms with van der Waals surface area (Å²) in [5.41, 5.74) is 0.666. The number of hydrogen-bond acceptors (Lipinski definition) is 4. The third-order valence-corrected chi connectivity index (χ3v) is 3.51. The number of esters is 1. The largest absolute Gasteiger partial charge is 0.462 e. The number of rotatable bonds is 3. The van der Waals surface area contributed by atoms with Crippen molar-refractivity contribution < 1.29 is 14.6 Å². The minimum Gasteiger partial charge on any atom is -0.462 e. The lowest BCUT2D eigenvalue weighted by Crippen LogP contribution is -2.05. The first-order chi connectivity index (χ1) is 7.77. The highest BCUT2D eigenvalue weighted by molar-refractivity contribution is 7.21. The second kappa shape index (κ2) is 4.63. The van der Waals surface area contributed by atoms with Crippen LogP contribution in [0.15, 0.2) is 24.3 Å². The summed E-state index contributed by atoms with van der Waals surface area (Å²) in [6.07, 6.45) is 0. The van der Waals surface area contributed by atoms with E-state index in [1.165, 1.54) is 11.3 Å². The van der Waals surface area contributed by atoms with E-state index in [2.05, 4.69) is 0 Å². The first kappa shape index (κ1) is 11.1. The Morgan fingerprint density at radius 3 is 2.88 bits per heavy atom. The van der Waals surface area contributed by atoms with E-state index in [1.54, 1.807) is 6.92 Å². The van der Waals surface area contributed by atoms with Crippen LogP contribution in [0.25, 0.3) is 10.1 Å². The minimum absolute atomic E-state index is 0.141. The average molecular weight is 236 g/mol. The Kier molecular flexibility index (Phi) is 3.22. The quantitative estimate of drug-likeness (QED) is 0.833. The summed E-state index contributed by atoms with van der Waals surface area (Å²) < 4.78 is 5.96. The number of carbonyl (C=O) groups excluding carboxylic acids is 1. The van der Waals surface area contributed by atoms with Gasteiger partial charge in [0.25, 0.3) is 0 Å². The Balaban J connectivity index is 2.56. The Bertz CT molecular complexity index is 516. The normalized spacial score (nSPS) is 10.6. The molecule has 2 aromatic rings. The molecule has 1 N–H and O–H groups in total. The lowest BCUT2D eigenvalue weighted by molar-refractivity contribution is 0.0529. The molecule has 1 aromatic heterocycles. The molecule has 1 aromatic carbocycles. The Hall–Kier alpha value is -1.39. The van der Waals surface area contributed by atoms with E-state index in [1.807, 2.05) is 24.3 Å². The van der Waals surface area contributed by atoms with Crippen LogP contribution in [-0.4, -0.2) is 17.7 Å². The van der Waals surface area contributed by atoms with Gasteiger partial charge in [-0.05, 0) is 18.4 Å². The molecule has 0 amide bonds. The standard InChI is InChI=1S/C12H12O3S/c1-2-15-12(14)11-9(7-13)8-5-3-4-6-10(8)16-11/h3-6,13H,2,7H2,1H3. The molecule has 16 heavy (non-hydrogen) atoms. The van der Waals surface area contributed by atoms with Crippen LogP contribution in [0.3, 0.4) is 0 Å². The van der Waals surface area contributed by atoms with Crippen molar-refractivity contribution in [1.29, 1.82) is 0 Å².